The summed E-state index contributed by atoms with van der Waals surface area (Å²) in [4.78, 5) is 47.7. The lowest BCUT2D eigenvalue weighted by Gasteiger charge is -2.21. The van der Waals surface area contributed by atoms with Crippen LogP contribution in [0.2, 0.25) is 0 Å². The molecule has 148 valence electrons. The number of nitrogens with one attached hydrogen (secondary N) is 2. The molecule has 7 nitrogen and oxygen atoms in total. The van der Waals surface area contributed by atoms with Gasteiger partial charge in [0, 0.05) is 17.5 Å². The van der Waals surface area contributed by atoms with E-state index in [1.165, 1.54) is 6.92 Å². The largest absolute Gasteiger partial charge is 0.453 e. The van der Waals surface area contributed by atoms with Gasteiger partial charge >= 0.3 is 12.0 Å². The molecule has 27 heavy (non-hydrogen) atoms. The van der Waals surface area contributed by atoms with Gasteiger partial charge in [-0.3, -0.25) is 19.7 Å². The minimum Gasteiger partial charge on any atom is -0.453 e. The molecule has 0 aromatic heterocycles. The topological polar surface area (TPSA) is 102 Å². The predicted octanol–water partition coefficient (Wildman–Crippen LogP) is 2.82. The first-order chi connectivity index (χ1) is 12.4. The predicted molar refractivity (Wildman–Crippen MR) is 101 cm³/mol. The summed E-state index contributed by atoms with van der Waals surface area (Å²) in [5.74, 6) is -1.56. The summed E-state index contributed by atoms with van der Waals surface area (Å²) in [6.07, 6.45) is -1.29. The van der Waals surface area contributed by atoms with E-state index >= 15 is 0 Å². The molecule has 0 saturated carbocycles. The molecule has 0 fully saturated rings. The molecule has 0 aliphatic rings. The van der Waals surface area contributed by atoms with Crippen LogP contribution in [-0.2, 0) is 14.3 Å². The van der Waals surface area contributed by atoms with Crippen LogP contribution in [0.1, 0.15) is 62.0 Å². The Morgan fingerprint density at radius 1 is 1.07 bits per heavy atom. The second kappa shape index (κ2) is 9.30. The number of Topliss-reactive ketones (excluding diaryl/α,β-unsaturated/α-hetero) is 1. The molecule has 3 amide bonds. The molecule has 0 radical (unpaired) electrons. The van der Waals surface area contributed by atoms with Crippen LogP contribution in [0, 0.1) is 13.8 Å². The van der Waals surface area contributed by atoms with E-state index in [-0.39, 0.29) is 18.6 Å². The first kappa shape index (κ1) is 22.3. The minimum atomic E-state index is -1.14. The van der Waals surface area contributed by atoms with Crippen molar-refractivity contribution < 1.29 is 23.9 Å². The average molecular weight is 376 g/mol. The Kier molecular flexibility index (Phi) is 7.69. The number of carbonyl (C=O) groups is 4. The Hall–Kier alpha value is -2.70. The van der Waals surface area contributed by atoms with Gasteiger partial charge in [0.2, 0.25) is 0 Å². The number of rotatable bonds is 6. The van der Waals surface area contributed by atoms with Gasteiger partial charge in [0.1, 0.15) is 0 Å². The van der Waals surface area contributed by atoms with Gasteiger partial charge in [-0.05, 0) is 53.2 Å². The number of urea groups is 1. The summed E-state index contributed by atoms with van der Waals surface area (Å²) < 4.78 is 5.00. The smallest absolute Gasteiger partial charge is 0.321 e. The van der Waals surface area contributed by atoms with Crippen LogP contribution in [0.5, 0.6) is 0 Å². The number of ether oxygens (including phenoxy) is 1. The highest BCUT2D eigenvalue weighted by Crippen LogP contribution is 2.14. The van der Waals surface area contributed by atoms with Crippen LogP contribution in [0.15, 0.2) is 18.2 Å². The average Bonchev–Trinajstić information content (AvgIpc) is 2.52. The number of hydrogen-bond donors (Lipinski definition) is 2. The van der Waals surface area contributed by atoms with Gasteiger partial charge < -0.3 is 10.1 Å². The highest BCUT2D eigenvalue weighted by molar-refractivity contribution is 5.99. The van der Waals surface area contributed by atoms with Gasteiger partial charge in [-0.25, -0.2) is 4.79 Å². The number of amides is 3. The SMILES string of the molecule is Cc1ccc(C)c(C(=O)CCC(=O)O[C@@H](C)C(=O)NC(=O)NC(C)(C)C)c1. The van der Waals surface area contributed by atoms with Crippen molar-refractivity contribution in [3.63, 3.8) is 0 Å². The highest BCUT2D eigenvalue weighted by Gasteiger charge is 2.22. The van der Waals surface area contributed by atoms with Crippen molar-refractivity contribution in [1.29, 1.82) is 0 Å². The van der Waals surface area contributed by atoms with Crippen molar-refractivity contribution in [2.75, 3.05) is 0 Å². The molecule has 0 bridgehead atoms. The standard InChI is InChI=1S/C20H28N2O5/c1-12-7-8-13(2)15(11-12)16(23)9-10-17(24)27-14(3)18(25)21-19(26)22-20(4,5)6/h7-8,11,14H,9-10H2,1-6H3,(H2,21,22,25,26)/t14-/m0/s1. The first-order valence-electron chi connectivity index (χ1n) is 8.82. The van der Waals surface area contributed by atoms with Gasteiger partial charge in [-0.15, -0.1) is 0 Å². The van der Waals surface area contributed by atoms with Crippen LogP contribution in [0.4, 0.5) is 4.79 Å². The molecule has 0 aliphatic heterocycles. The fourth-order valence-corrected chi connectivity index (χ4v) is 2.28. The summed E-state index contributed by atoms with van der Waals surface area (Å²) in [5, 5.41) is 4.68. The van der Waals surface area contributed by atoms with Gasteiger partial charge in [-0.1, -0.05) is 17.7 Å². The zero-order valence-corrected chi connectivity index (χ0v) is 16.8. The summed E-state index contributed by atoms with van der Waals surface area (Å²) in [5.41, 5.74) is 1.88. The van der Waals surface area contributed by atoms with E-state index in [1.807, 2.05) is 26.0 Å². The lowest BCUT2D eigenvalue weighted by atomic mass is 9.99. The monoisotopic (exact) mass is 376 g/mol. The molecule has 0 aliphatic carbocycles. The summed E-state index contributed by atoms with van der Waals surface area (Å²) in [6.45, 7) is 10.4. The summed E-state index contributed by atoms with van der Waals surface area (Å²) >= 11 is 0. The maximum Gasteiger partial charge on any atom is 0.321 e. The van der Waals surface area contributed by atoms with E-state index < -0.39 is 29.6 Å². The van der Waals surface area contributed by atoms with Gasteiger partial charge in [0.05, 0.1) is 6.42 Å². The summed E-state index contributed by atoms with van der Waals surface area (Å²) in [6, 6.07) is 4.89. The van der Waals surface area contributed by atoms with Gasteiger partial charge in [0.15, 0.2) is 11.9 Å². The third-order valence-corrected chi connectivity index (χ3v) is 3.65. The van der Waals surface area contributed by atoms with Gasteiger partial charge in [-0.2, -0.15) is 0 Å². The van der Waals surface area contributed by atoms with E-state index in [0.29, 0.717) is 5.56 Å². The maximum atomic E-state index is 12.3. The van der Waals surface area contributed by atoms with Gasteiger partial charge in [0.25, 0.3) is 5.91 Å². The Balaban J connectivity index is 2.49. The number of benzene rings is 1. The van der Waals surface area contributed by atoms with Crippen LogP contribution >= 0.6 is 0 Å². The molecule has 1 aromatic carbocycles. The molecule has 1 atom stereocenters. The van der Waals surface area contributed by atoms with E-state index in [9.17, 15) is 19.2 Å². The Morgan fingerprint density at radius 3 is 2.30 bits per heavy atom. The molecule has 0 unspecified atom stereocenters. The molecular formula is C20H28N2O5. The number of esters is 1. The van der Waals surface area contributed by atoms with Crippen molar-refractivity contribution in [2.45, 2.75) is 66.0 Å². The third kappa shape index (κ3) is 8.02. The Labute approximate surface area is 159 Å². The molecular weight excluding hydrogens is 348 g/mol. The molecule has 7 heteroatoms. The lowest BCUT2D eigenvalue weighted by molar-refractivity contribution is -0.154. The Morgan fingerprint density at radius 2 is 1.70 bits per heavy atom. The fourth-order valence-electron chi connectivity index (χ4n) is 2.28. The van der Waals surface area contributed by atoms with E-state index in [2.05, 4.69) is 10.6 Å². The zero-order valence-electron chi connectivity index (χ0n) is 16.8. The summed E-state index contributed by atoms with van der Waals surface area (Å²) in [7, 11) is 0. The minimum absolute atomic E-state index is 0.0119. The van der Waals surface area contributed by atoms with E-state index in [1.54, 1.807) is 26.8 Å². The van der Waals surface area contributed by atoms with Crippen molar-refractivity contribution in [3.8, 4) is 0 Å². The lowest BCUT2D eigenvalue weighted by Crippen LogP contribution is -2.50. The van der Waals surface area contributed by atoms with E-state index in [4.69, 9.17) is 4.74 Å². The van der Waals surface area contributed by atoms with Crippen LogP contribution in [0.25, 0.3) is 0 Å². The molecule has 1 aromatic rings. The molecule has 0 heterocycles. The molecule has 0 saturated heterocycles. The van der Waals surface area contributed by atoms with Crippen LogP contribution in [-0.4, -0.2) is 35.3 Å². The quantitative estimate of drug-likeness (QED) is 0.587. The molecule has 2 N–H and O–H groups in total. The number of aryl methyl sites for hydroxylation is 2. The number of imide groups is 1. The second-order valence-corrected chi connectivity index (χ2v) is 7.57. The van der Waals surface area contributed by atoms with Crippen molar-refractivity contribution in [1.82, 2.24) is 10.6 Å². The maximum absolute atomic E-state index is 12.3. The number of ketones is 1. The van der Waals surface area contributed by atoms with Crippen LogP contribution in [0.3, 0.4) is 0 Å². The van der Waals surface area contributed by atoms with Crippen LogP contribution < -0.4 is 10.6 Å². The molecule has 0 spiro atoms. The number of hydrogen-bond acceptors (Lipinski definition) is 5. The van der Waals surface area contributed by atoms with E-state index in [0.717, 1.165) is 11.1 Å². The Bertz CT molecular complexity index is 734. The third-order valence-electron chi connectivity index (χ3n) is 3.65. The first-order valence-corrected chi connectivity index (χ1v) is 8.82. The zero-order chi connectivity index (χ0) is 20.8. The number of carbonyl (C=O) groups excluding carboxylic acids is 4. The molecule has 1 rings (SSSR count). The van der Waals surface area contributed by atoms with Crippen molar-refractivity contribution in [2.24, 2.45) is 0 Å². The highest BCUT2D eigenvalue weighted by atomic mass is 16.5. The normalized spacial score (nSPS) is 12.1. The van der Waals surface area contributed by atoms with Crippen molar-refractivity contribution >= 4 is 23.7 Å². The second-order valence-electron chi connectivity index (χ2n) is 7.57. The fraction of sp³-hybridized carbons (Fsp3) is 0.500. The van der Waals surface area contributed by atoms with Crippen molar-refractivity contribution in [3.05, 3.63) is 34.9 Å².